The van der Waals surface area contributed by atoms with Crippen molar-refractivity contribution in [3.63, 3.8) is 0 Å². The Balaban J connectivity index is 1.57. The lowest BCUT2D eigenvalue weighted by Gasteiger charge is -2.35. The lowest BCUT2D eigenvalue weighted by Crippen LogP contribution is -2.49. The lowest BCUT2D eigenvalue weighted by atomic mass is 10.0. The van der Waals surface area contributed by atoms with Gasteiger partial charge in [0.25, 0.3) is 5.91 Å². The first-order valence-electron chi connectivity index (χ1n) is 9.59. The number of carbonyl (C=O) groups is 1. The summed E-state index contributed by atoms with van der Waals surface area (Å²) >= 11 is 1.63. The third kappa shape index (κ3) is 4.11. The van der Waals surface area contributed by atoms with Crippen LogP contribution in [0.3, 0.4) is 0 Å². The number of hydrogen-bond acceptors (Lipinski definition) is 6. The SMILES string of the molecule is CC1CN(CC(=O)N2N=C(c3cccs3)CC2c2cccc(O)c2)CC(C)O1. The minimum absolute atomic E-state index is 0.0267. The summed E-state index contributed by atoms with van der Waals surface area (Å²) in [6, 6.07) is 10.9. The molecule has 1 aromatic carbocycles. The van der Waals surface area contributed by atoms with Crippen LogP contribution in [-0.4, -0.2) is 58.5 Å². The Kier molecular flexibility index (Phi) is 5.48. The zero-order valence-corrected chi connectivity index (χ0v) is 16.9. The molecule has 1 saturated heterocycles. The first kappa shape index (κ1) is 19.1. The van der Waals surface area contributed by atoms with E-state index in [2.05, 4.69) is 4.90 Å². The van der Waals surface area contributed by atoms with Crippen molar-refractivity contribution in [3.8, 4) is 5.75 Å². The number of hydrogen-bond donors (Lipinski definition) is 1. The van der Waals surface area contributed by atoms with Crippen LogP contribution in [0.2, 0.25) is 0 Å². The van der Waals surface area contributed by atoms with E-state index in [0.29, 0.717) is 13.0 Å². The molecule has 0 bridgehead atoms. The molecule has 0 spiro atoms. The maximum Gasteiger partial charge on any atom is 0.257 e. The van der Waals surface area contributed by atoms with Gasteiger partial charge in [0.15, 0.2) is 0 Å². The van der Waals surface area contributed by atoms with E-state index in [9.17, 15) is 9.90 Å². The highest BCUT2D eigenvalue weighted by Gasteiger charge is 2.35. The summed E-state index contributed by atoms with van der Waals surface area (Å²) in [4.78, 5) is 16.4. The van der Waals surface area contributed by atoms with Crippen molar-refractivity contribution in [1.29, 1.82) is 0 Å². The Morgan fingerprint density at radius 1 is 1.25 bits per heavy atom. The molecule has 2 aromatic rings. The third-order valence-corrected chi connectivity index (χ3v) is 6.00. The number of thiophene rings is 1. The van der Waals surface area contributed by atoms with Crippen molar-refractivity contribution >= 4 is 23.0 Å². The van der Waals surface area contributed by atoms with E-state index in [-0.39, 0.29) is 29.9 Å². The van der Waals surface area contributed by atoms with Gasteiger partial charge in [-0.2, -0.15) is 5.10 Å². The summed E-state index contributed by atoms with van der Waals surface area (Å²) < 4.78 is 5.77. The highest BCUT2D eigenvalue weighted by molar-refractivity contribution is 7.12. The van der Waals surface area contributed by atoms with Crippen molar-refractivity contribution in [3.05, 3.63) is 52.2 Å². The zero-order valence-electron chi connectivity index (χ0n) is 16.1. The Labute approximate surface area is 169 Å². The number of amides is 1. The van der Waals surface area contributed by atoms with Gasteiger partial charge in [-0.15, -0.1) is 11.3 Å². The fraction of sp³-hybridized carbons (Fsp3) is 0.429. The molecule has 3 heterocycles. The highest BCUT2D eigenvalue weighted by atomic mass is 32.1. The van der Waals surface area contributed by atoms with E-state index >= 15 is 0 Å². The van der Waals surface area contributed by atoms with Crippen molar-refractivity contribution in [2.75, 3.05) is 19.6 Å². The second kappa shape index (κ2) is 8.03. The quantitative estimate of drug-likeness (QED) is 0.857. The van der Waals surface area contributed by atoms with E-state index in [1.807, 2.05) is 43.5 Å². The van der Waals surface area contributed by atoms with E-state index in [1.54, 1.807) is 28.5 Å². The second-order valence-electron chi connectivity index (χ2n) is 7.53. The maximum atomic E-state index is 13.2. The molecule has 2 aliphatic heterocycles. The van der Waals surface area contributed by atoms with Gasteiger partial charge in [0.05, 0.1) is 35.4 Å². The molecular formula is C21H25N3O3S. The monoisotopic (exact) mass is 399 g/mol. The van der Waals surface area contributed by atoms with E-state index in [1.165, 1.54) is 0 Å². The minimum Gasteiger partial charge on any atom is -0.508 e. The molecule has 6 nitrogen and oxygen atoms in total. The van der Waals surface area contributed by atoms with Gasteiger partial charge in [-0.1, -0.05) is 18.2 Å². The Hall–Kier alpha value is -2.22. The first-order chi connectivity index (χ1) is 13.5. The molecule has 7 heteroatoms. The number of carbonyl (C=O) groups excluding carboxylic acids is 1. The number of phenolic OH excluding ortho intramolecular Hbond substituents is 1. The molecule has 1 fully saturated rings. The number of phenols is 1. The van der Waals surface area contributed by atoms with Gasteiger partial charge in [0.1, 0.15) is 5.75 Å². The van der Waals surface area contributed by atoms with Gasteiger partial charge in [-0.25, -0.2) is 5.01 Å². The van der Waals surface area contributed by atoms with Crippen LogP contribution >= 0.6 is 11.3 Å². The van der Waals surface area contributed by atoms with E-state index in [0.717, 1.165) is 29.2 Å². The number of ether oxygens (including phenoxy) is 1. The van der Waals surface area contributed by atoms with Crippen LogP contribution in [0.15, 0.2) is 46.9 Å². The average Bonchev–Trinajstić information content (AvgIpc) is 3.30. The predicted octanol–water partition coefficient (Wildman–Crippen LogP) is 3.24. The highest BCUT2D eigenvalue weighted by Crippen LogP contribution is 2.35. The summed E-state index contributed by atoms with van der Waals surface area (Å²) in [5, 5.41) is 18.2. The molecule has 28 heavy (non-hydrogen) atoms. The van der Waals surface area contributed by atoms with Gasteiger partial charge in [0.2, 0.25) is 0 Å². The topological polar surface area (TPSA) is 65.4 Å². The first-order valence-corrected chi connectivity index (χ1v) is 10.5. The molecule has 0 saturated carbocycles. The van der Waals surface area contributed by atoms with Crippen LogP contribution in [0.5, 0.6) is 5.75 Å². The maximum absolute atomic E-state index is 13.2. The standard InChI is InChI=1S/C21H25N3O3S/c1-14-11-23(12-15(2)27-14)13-21(26)24-19(16-5-3-6-17(25)9-16)10-18(22-24)20-7-4-8-28-20/h3-9,14-15,19,25H,10-13H2,1-2H3. The molecule has 4 rings (SSSR count). The Morgan fingerprint density at radius 3 is 2.71 bits per heavy atom. The van der Waals surface area contributed by atoms with Gasteiger partial charge >= 0.3 is 0 Å². The Bertz CT molecular complexity index is 858. The van der Waals surface area contributed by atoms with Crippen LogP contribution in [0.1, 0.15) is 36.8 Å². The molecule has 2 aliphatic rings. The van der Waals surface area contributed by atoms with Crippen LogP contribution in [0, 0.1) is 0 Å². The second-order valence-corrected chi connectivity index (χ2v) is 8.48. The van der Waals surface area contributed by atoms with Crippen molar-refractivity contribution in [1.82, 2.24) is 9.91 Å². The van der Waals surface area contributed by atoms with Gasteiger partial charge in [-0.05, 0) is 43.0 Å². The number of nitrogens with zero attached hydrogens (tertiary/aromatic N) is 3. The molecule has 0 radical (unpaired) electrons. The predicted molar refractivity (Wildman–Crippen MR) is 110 cm³/mol. The van der Waals surface area contributed by atoms with Crippen molar-refractivity contribution in [2.24, 2.45) is 5.10 Å². The Morgan fingerprint density at radius 2 is 2.04 bits per heavy atom. The van der Waals surface area contributed by atoms with Gasteiger partial charge in [-0.3, -0.25) is 9.69 Å². The largest absolute Gasteiger partial charge is 0.508 e. The third-order valence-electron chi connectivity index (χ3n) is 5.08. The molecule has 148 valence electrons. The molecular weight excluding hydrogens is 374 g/mol. The van der Waals surface area contributed by atoms with Crippen molar-refractivity contribution < 1.29 is 14.6 Å². The normalized spacial score (nSPS) is 25.7. The summed E-state index contributed by atoms with van der Waals surface area (Å²) in [6.07, 6.45) is 0.871. The summed E-state index contributed by atoms with van der Waals surface area (Å²) in [5.74, 6) is 0.173. The summed E-state index contributed by atoms with van der Waals surface area (Å²) in [7, 11) is 0. The smallest absolute Gasteiger partial charge is 0.257 e. The van der Waals surface area contributed by atoms with E-state index in [4.69, 9.17) is 9.84 Å². The molecule has 0 aliphatic carbocycles. The summed E-state index contributed by atoms with van der Waals surface area (Å²) in [5.41, 5.74) is 1.81. The molecule has 3 atom stereocenters. The van der Waals surface area contributed by atoms with E-state index < -0.39 is 0 Å². The zero-order chi connectivity index (χ0) is 19.7. The fourth-order valence-electron chi connectivity index (χ4n) is 4.00. The molecule has 1 N–H and O–H groups in total. The van der Waals surface area contributed by atoms with Crippen LogP contribution in [0.25, 0.3) is 0 Å². The van der Waals surface area contributed by atoms with Crippen LogP contribution in [0.4, 0.5) is 0 Å². The van der Waals surface area contributed by atoms with Gasteiger partial charge < -0.3 is 9.84 Å². The number of benzene rings is 1. The number of aromatic hydroxyl groups is 1. The van der Waals surface area contributed by atoms with Crippen LogP contribution < -0.4 is 0 Å². The van der Waals surface area contributed by atoms with Crippen LogP contribution in [-0.2, 0) is 9.53 Å². The van der Waals surface area contributed by atoms with Crippen molar-refractivity contribution in [2.45, 2.75) is 38.5 Å². The lowest BCUT2D eigenvalue weighted by molar-refractivity contribution is -0.137. The molecule has 3 unspecified atom stereocenters. The fourth-order valence-corrected chi connectivity index (χ4v) is 4.72. The number of morpholine rings is 1. The van der Waals surface area contributed by atoms with Gasteiger partial charge in [0, 0.05) is 19.5 Å². The number of rotatable bonds is 4. The molecule has 1 amide bonds. The number of hydrazone groups is 1. The minimum atomic E-state index is -0.201. The molecule has 1 aromatic heterocycles. The summed E-state index contributed by atoms with van der Waals surface area (Å²) in [6.45, 7) is 5.86. The average molecular weight is 400 g/mol.